The van der Waals surface area contributed by atoms with Crippen LogP contribution in [0.15, 0.2) is 5.16 Å². The molecule has 3 rings (SSSR count). The van der Waals surface area contributed by atoms with Gasteiger partial charge in [-0.3, -0.25) is 9.69 Å². The molecule has 3 fully saturated rings. The zero-order chi connectivity index (χ0) is 41.8. The third-order valence-electron chi connectivity index (χ3n) is 12.5. The fourth-order valence-corrected chi connectivity index (χ4v) is 8.94. The van der Waals surface area contributed by atoms with E-state index >= 15 is 0 Å². The number of methoxy groups -OCH3 is 1. The Balaban J connectivity index is 2.21. The van der Waals surface area contributed by atoms with Crippen LogP contribution in [-0.4, -0.2) is 152 Å². The molecule has 0 saturated carbocycles. The van der Waals surface area contributed by atoms with Gasteiger partial charge in [0.25, 0.3) is 0 Å². The van der Waals surface area contributed by atoms with Gasteiger partial charge in [0.15, 0.2) is 12.6 Å². The number of cyclic esters (lactones) is 1. The average Bonchev–Trinajstić information content (AvgIpc) is 3.12. The lowest BCUT2D eigenvalue weighted by molar-refractivity contribution is -0.318. The number of hydrogen-bond donors (Lipinski definition) is 6. The molecule has 0 radical (unpaired) electrons. The molecule has 0 aromatic carbocycles. The van der Waals surface area contributed by atoms with Gasteiger partial charge in [0.2, 0.25) is 0 Å². The molecule has 3 aliphatic heterocycles. The van der Waals surface area contributed by atoms with Gasteiger partial charge < -0.3 is 59.2 Å². The Morgan fingerprint density at radius 1 is 0.982 bits per heavy atom. The summed E-state index contributed by atoms with van der Waals surface area (Å²) in [5.41, 5.74) is -4.75. The van der Waals surface area contributed by atoms with E-state index in [1.807, 2.05) is 18.9 Å². The van der Waals surface area contributed by atoms with Crippen LogP contribution in [0.5, 0.6) is 0 Å². The van der Waals surface area contributed by atoms with Crippen LogP contribution in [0.4, 0.5) is 0 Å². The molecule has 6 N–H and O–H groups in total. The minimum Gasteiger partial charge on any atom is -0.459 e. The van der Waals surface area contributed by atoms with Gasteiger partial charge in [-0.15, -0.1) is 12.3 Å². The summed E-state index contributed by atoms with van der Waals surface area (Å²) in [6.07, 6.45) is -3.89. The number of aliphatic hydroxyl groups is 5. The maximum atomic E-state index is 14.2. The Morgan fingerprint density at radius 3 is 2.18 bits per heavy atom. The van der Waals surface area contributed by atoms with Gasteiger partial charge in [-0.05, 0) is 67.9 Å². The van der Waals surface area contributed by atoms with Crippen LogP contribution in [0.25, 0.3) is 0 Å². The number of hydrogen-bond acceptors (Lipinski definition) is 15. The fourth-order valence-electron chi connectivity index (χ4n) is 8.94. The molecule has 0 aromatic heterocycles. The molecule has 55 heavy (non-hydrogen) atoms. The van der Waals surface area contributed by atoms with Gasteiger partial charge in [0, 0.05) is 50.3 Å². The summed E-state index contributed by atoms with van der Waals surface area (Å²) in [6.45, 7) is 17.1. The summed E-state index contributed by atoms with van der Waals surface area (Å²) < 4.78 is 37.4. The van der Waals surface area contributed by atoms with Crippen LogP contribution in [0.2, 0.25) is 0 Å². The molecular weight excluding hydrogens is 716 g/mol. The van der Waals surface area contributed by atoms with Crippen molar-refractivity contribution in [2.24, 2.45) is 28.8 Å². The first-order chi connectivity index (χ1) is 25.5. The molecule has 0 aromatic rings. The lowest BCUT2D eigenvalue weighted by Crippen LogP contribution is -2.61. The van der Waals surface area contributed by atoms with E-state index < -0.39 is 108 Å². The standard InChI is InChI=1S/C40H70N2O13/c1-14-16-17-42(12)27-18-22(4)51-37(31(27)43)55-35-24(6)32(54-29-20-39(10,50-13)34(45)26(8)52-29)25(7)36(46)53-28(15-2)40(11,48)33(44)23(5)30(41-49)21(3)19-38(35,9)47/h1,21-29,31-35,37,43-45,47-49H,15-20H2,2-13H3/b41-30+/t21-,22?,23?,24+,25?,26?,27?,28?,29+,31-,32+,33?,34+,35-,37?,38-,39-,40-/m1/s1. The molecule has 0 bridgehead atoms. The van der Waals surface area contributed by atoms with Crippen molar-refractivity contribution in [3.05, 3.63) is 0 Å². The maximum absolute atomic E-state index is 14.2. The second-order valence-electron chi connectivity index (χ2n) is 17.1. The molecule has 15 heteroatoms. The van der Waals surface area contributed by atoms with E-state index in [0.29, 0.717) is 19.4 Å². The van der Waals surface area contributed by atoms with Gasteiger partial charge >= 0.3 is 5.97 Å². The summed E-state index contributed by atoms with van der Waals surface area (Å²) in [4.78, 5) is 16.2. The first-order valence-electron chi connectivity index (χ1n) is 19.7. The highest BCUT2D eigenvalue weighted by molar-refractivity contribution is 5.88. The first-order valence-corrected chi connectivity index (χ1v) is 19.7. The number of nitrogens with zero attached hydrogens (tertiary/aromatic N) is 2. The van der Waals surface area contributed by atoms with Crippen LogP contribution in [0.3, 0.4) is 0 Å². The monoisotopic (exact) mass is 786 g/mol. The molecule has 3 saturated heterocycles. The Kier molecular flexibility index (Phi) is 16.6. The van der Waals surface area contributed by atoms with Crippen molar-refractivity contribution in [1.29, 1.82) is 0 Å². The Bertz CT molecular complexity index is 1320. The molecule has 3 heterocycles. The van der Waals surface area contributed by atoms with Gasteiger partial charge in [0.05, 0.1) is 53.4 Å². The van der Waals surface area contributed by atoms with Crippen LogP contribution in [-0.2, 0) is 33.2 Å². The number of oxime groups is 1. The van der Waals surface area contributed by atoms with E-state index in [9.17, 15) is 35.5 Å². The Hall–Kier alpha value is -1.94. The fraction of sp³-hybridized carbons (Fsp3) is 0.900. The molecule has 15 nitrogen and oxygen atoms in total. The van der Waals surface area contributed by atoms with Crippen LogP contribution >= 0.6 is 0 Å². The second kappa shape index (κ2) is 19.2. The third-order valence-corrected chi connectivity index (χ3v) is 12.5. The summed E-state index contributed by atoms with van der Waals surface area (Å²) in [6, 6.07) is -0.398. The second-order valence-corrected chi connectivity index (χ2v) is 17.1. The number of esters is 1. The van der Waals surface area contributed by atoms with E-state index in [2.05, 4.69) is 11.1 Å². The molecule has 0 spiro atoms. The normalized spacial score (nSPS) is 47.5. The number of terminal acetylenes is 1. The predicted octanol–water partition coefficient (Wildman–Crippen LogP) is 2.44. The van der Waals surface area contributed by atoms with Gasteiger partial charge in [-0.25, -0.2) is 0 Å². The zero-order valence-electron chi connectivity index (χ0n) is 34.9. The van der Waals surface area contributed by atoms with Gasteiger partial charge in [0.1, 0.15) is 23.9 Å². The van der Waals surface area contributed by atoms with Crippen LogP contribution in [0.1, 0.15) is 101 Å². The largest absolute Gasteiger partial charge is 0.459 e. The Morgan fingerprint density at radius 2 is 1.62 bits per heavy atom. The third kappa shape index (κ3) is 10.6. The van der Waals surface area contributed by atoms with E-state index in [-0.39, 0.29) is 31.1 Å². The zero-order valence-corrected chi connectivity index (χ0v) is 34.9. The van der Waals surface area contributed by atoms with Gasteiger partial charge in [-0.1, -0.05) is 32.9 Å². The molecule has 0 amide bonds. The lowest BCUT2D eigenvalue weighted by atomic mass is 9.73. The van der Waals surface area contributed by atoms with Crippen LogP contribution < -0.4 is 0 Å². The van der Waals surface area contributed by atoms with Gasteiger partial charge in [-0.2, -0.15) is 0 Å². The summed E-state index contributed by atoms with van der Waals surface area (Å²) in [7, 11) is 3.34. The highest BCUT2D eigenvalue weighted by atomic mass is 16.7. The minimum atomic E-state index is -1.98. The highest BCUT2D eigenvalue weighted by Gasteiger charge is 2.53. The molecule has 8 unspecified atom stereocenters. The van der Waals surface area contributed by atoms with Crippen molar-refractivity contribution in [3.8, 4) is 12.3 Å². The van der Waals surface area contributed by atoms with E-state index in [0.717, 1.165) is 0 Å². The molecule has 0 aliphatic carbocycles. The number of carbonyl (C=O) groups excluding carboxylic acids is 1. The molecule has 318 valence electrons. The van der Waals surface area contributed by atoms with E-state index in [1.54, 1.807) is 55.4 Å². The van der Waals surface area contributed by atoms with Crippen LogP contribution in [0, 0.1) is 36.0 Å². The van der Waals surface area contributed by atoms with E-state index in [1.165, 1.54) is 14.0 Å². The number of rotatable bonds is 9. The first kappa shape index (κ1) is 47.4. The Labute approximate surface area is 327 Å². The quantitative estimate of drug-likeness (QED) is 0.0859. The van der Waals surface area contributed by atoms with Crippen molar-refractivity contribution < 1.29 is 64.0 Å². The molecular formula is C40H70N2O13. The van der Waals surface area contributed by atoms with Crippen molar-refractivity contribution in [2.45, 2.75) is 186 Å². The topological polar surface area (TPSA) is 209 Å². The van der Waals surface area contributed by atoms with Crippen molar-refractivity contribution in [3.63, 3.8) is 0 Å². The number of aliphatic hydroxyl groups excluding tert-OH is 3. The predicted molar refractivity (Wildman–Crippen MR) is 203 cm³/mol. The molecule has 18 atom stereocenters. The number of ether oxygens (including phenoxy) is 6. The molecule has 3 aliphatic rings. The smallest absolute Gasteiger partial charge is 0.311 e. The number of likely N-dealkylation sites (N-methyl/N-ethyl adjacent to an activating group) is 1. The lowest BCUT2D eigenvalue weighted by Gasteiger charge is -2.49. The van der Waals surface area contributed by atoms with Crippen molar-refractivity contribution >= 4 is 11.7 Å². The average molecular weight is 787 g/mol. The van der Waals surface area contributed by atoms with Crippen molar-refractivity contribution in [2.75, 3.05) is 20.7 Å². The van der Waals surface area contributed by atoms with E-state index in [4.69, 9.17) is 34.8 Å². The number of carbonyl (C=O) groups is 1. The highest BCUT2D eigenvalue weighted by Crippen LogP contribution is 2.41. The minimum absolute atomic E-state index is 0.0826. The summed E-state index contributed by atoms with van der Waals surface area (Å²) >= 11 is 0. The van der Waals surface area contributed by atoms with Crippen molar-refractivity contribution in [1.82, 2.24) is 4.90 Å². The summed E-state index contributed by atoms with van der Waals surface area (Å²) in [5.74, 6) is -1.71. The maximum Gasteiger partial charge on any atom is 0.311 e. The summed E-state index contributed by atoms with van der Waals surface area (Å²) in [5, 5.41) is 72.3. The SMILES string of the molecule is C#CCCN(C)C1CC(C)OC(O[C@@H]2[C@@H](C)[C@H](O[C@H]3C[C@@](C)(OC)[C@@H](O)C(C)O3)C(C)C(=O)OC(CC)[C@@](C)(O)C(O)C(C)/C(=N/O)[C@H](C)C[C@@]2(C)O)[C@@H]1O.